The van der Waals surface area contributed by atoms with E-state index < -0.39 is 17.7 Å². The van der Waals surface area contributed by atoms with Gasteiger partial charge >= 0.3 is 0 Å². The molecule has 6 heteroatoms. The second-order valence-electron chi connectivity index (χ2n) is 8.45. The predicted octanol–water partition coefficient (Wildman–Crippen LogP) is 3.61. The Balaban J connectivity index is 1.59. The number of aliphatic hydroxyl groups is 1. The van der Waals surface area contributed by atoms with Gasteiger partial charge < -0.3 is 19.5 Å². The second-order valence-corrected chi connectivity index (χ2v) is 8.45. The van der Waals surface area contributed by atoms with Gasteiger partial charge in [0.1, 0.15) is 17.6 Å². The molecule has 0 aliphatic carbocycles. The normalized spacial score (nSPS) is 26.9. The number of hydrogen-bond donors (Lipinski definition) is 1. The number of hydrogen-bond acceptors (Lipinski definition) is 5. The number of aliphatic hydroxyl groups excluding tert-OH is 1. The minimum absolute atomic E-state index is 0.0775. The lowest BCUT2D eigenvalue weighted by Gasteiger charge is -2.27. The summed E-state index contributed by atoms with van der Waals surface area (Å²) in [7, 11) is 0. The van der Waals surface area contributed by atoms with Crippen LogP contribution < -0.4 is 4.74 Å². The molecular formula is C25H25NO5. The lowest BCUT2D eigenvalue weighted by Crippen LogP contribution is -2.36. The third kappa shape index (κ3) is 3.51. The zero-order valence-corrected chi connectivity index (χ0v) is 17.4. The fourth-order valence-corrected chi connectivity index (χ4v) is 4.78. The molecule has 6 nitrogen and oxygen atoms in total. The fourth-order valence-electron chi connectivity index (χ4n) is 4.78. The maximum atomic E-state index is 13.1. The Morgan fingerprint density at radius 2 is 1.97 bits per heavy atom. The summed E-state index contributed by atoms with van der Waals surface area (Å²) in [6.45, 7) is 2.99. The quantitative estimate of drug-likeness (QED) is 0.466. The van der Waals surface area contributed by atoms with Crippen molar-refractivity contribution in [2.75, 3.05) is 13.2 Å². The van der Waals surface area contributed by atoms with Crippen molar-refractivity contribution in [1.82, 2.24) is 4.90 Å². The average Bonchev–Trinajstić information content (AvgIpc) is 3.48. The molecule has 1 amide bonds. The smallest absolute Gasteiger partial charge is 0.295 e. The molecule has 2 aromatic rings. The Morgan fingerprint density at radius 1 is 1.16 bits per heavy atom. The third-order valence-electron chi connectivity index (χ3n) is 6.25. The number of Topliss-reactive ketones (excluding diaryl/α,β-unsaturated/α-hetero) is 1. The van der Waals surface area contributed by atoms with E-state index in [9.17, 15) is 14.7 Å². The molecule has 3 atom stereocenters. The molecule has 160 valence electrons. The number of ketones is 1. The minimum Gasteiger partial charge on any atom is -0.507 e. The van der Waals surface area contributed by atoms with Crippen LogP contribution in [0.1, 0.15) is 42.5 Å². The monoisotopic (exact) mass is 419 g/mol. The van der Waals surface area contributed by atoms with Crippen LogP contribution >= 0.6 is 0 Å². The summed E-state index contributed by atoms with van der Waals surface area (Å²) in [5.41, 5.74) is 2.43. The summed E-state index contributed by atoms with van der Waals surface area (Å²) in [6.07, 6.45) is 2.52. The summed E-state index contributed by atoms with van der Waals surface area (Å²) in [5.74, 6) is -0.606. The van der Waals surface area contributed by atoms with E-state index in [4.69, 9.17) is 9.47 Å². The van der Waals surface area contributed by atoms with Gasteiger partial charge in [-0.25, -0.2) is 0 Å². The minimum atomic E-state index is -0.658. The van der Waals surface area contributed by atoms with Crippen molar-refractivity contribution in [2.24, 2.45) is 0 Å². The molecule has 2 fully saturated rings. The number of benzene rings is 2. The van der Waals surface area contributed by atoms with Crippen molar-refractivity contribution in [1.29, 1.82) is 0 Å². The first kappa shape index (κ1) is 19.8. The zero-order valence-electron chi connectivity index (χ0n) is 17.4. The number of carbonyl (C=O) groups is 2. The molecule has 0 radical (unpaired) electrons. The largest absolute Gasteiger partial charge is 0.507 e. The Labute approximate surface area is 181 Å². The SMILES string of the molecule is C[C@@H]1Cc2cc(C(O)=C3C(=O)C(=O)N(C[C@H]4CCCO4)[C@@H]3c3ccccc3)ccc2O1. The molecule has 3 aliphatic heterocycles. The van der Waals surface area contributed by atoms with Gasteiger partial charge in [0.25, 0.3) is 11.7 Å². The van der Waals surface area contributed by atoms with Gasteiger partial charge in [0, 0.05) is 25.1 Å². The van der Waals surface area contributed by atoms with Crippen LogP contribution in [-0.2, 0) is 20.7 Å². The molecular weight excluding hydrogens is 394 g/mol. The summed E-state index contributed by atoms with van der Waals surface area (Å²) in [5, 5.41) is 11.2. The number of fused-ring (bicyclic) bond motifs is 1. The van der Waals surface area contributed by atoms with Gasteiger partial charge in [-0.1, -0.05) is 30.3 Å². The van der Waals surface area contributed by atoms with Crippen molar-refractivity contribution < 1.29 is 24.2 Å². The van der Waals surface area contributed by atoms with E-state index in [1.54, 1.807) is 11.0 Å². The Kier molecular flexibility index (Phi) is 5.02. The van der Waals surface area contributed by atoms with E-state index in [1.807, 2.05) is 49.4 Å². The van der Waals surface area contributed by atoms with Gasteiger partial charge in [0.2, 0.25) is 0 Å². The van der Waals surface area contributed by atoms with Crippen molar-refractivity contribution in [2.45, 2.75) is 44.4 Å². The topological polar surface area (TPSA) is 76.1 Å². The van der Waals surface area contributed by atoms with Gasteiger partial charge in [-0.3, -0.25) is 9.59 Å². The molecule has 5 rings (SSSR count). The number of likely N-dealkylation sites (tertiary alicyclic amines) is 1. The van der Waals surface area contributed by atoms with Crippen molar-refractivity contribution in [3.05, 3.63) is 70.8 Å². The van der Waals surface area contributed by atoms with Gasteiger partial charge in [-0.05, 0) is 49.1 Å². The highest BCUT2D eigenvalue weighted by molar-refractivity contribution is 6.46. The van der Waals surface area contributed by atoms with E-state index in [0.29, 0.717) is 18.7 Å². The van der Waals surface area contributed by atoms with Gasteiger partial charge in [-0.15, -0.1) is 0 Å². The molecule has 0 unspecified atom stereocenters. The number of carbonyl (C=O) groups excluding carboxylic acids is 2. The lowest BCUT2D eigenvalue weighted by molar-refractivity contribution is -0.140. The molecule has 2 aromatic carbocycles. The maximum absolute atomic E-state index is 13.1. The van der Waals surface area contributed by atoms with Crippen LogP contribution in [0.15, 0.2) is 54.1 Å². The third-order valence-corrected chi connectivity index (χ3v) is 6.25. The molecule has 0 spiro atoms. The number of rotatable bonds is 4. The van der Waals surface area contributed by atoms with Gasteiger partial charge in [0.15, 0.2) is 0 Å². The number of ether oxygens (including phenoxy) is 2. The lowest BCUT2D eigenvalue weighted by atomic mass is 9.94. The summed E-state index contributed by atoms with van der Waals surface area (Å²) < 4.78 is 11.5. The standard InChI is InChI=1S/C25H25NO5/c1-15-12-18-13-17(9-10-20(18)31-15)23(27)21-22(16-6-3-2-4-7-16)26(25(29)24(21)28)14-19-8-5-11-30-19/h2-4,6-7,9-10,13,15,19,22,27H,5,8,11-12,14H2,1H3/t15-,19-,22-/m1/s1. The molecule has 1 N–H and O–H groups in total. The van der Waals surface area contributed by atoms with Crippen LogP contribution in [0.2, 0.25) is 0 Å². The first-order chi connectivity index (χ1) is 15.0. The highest BCUT2D eigenvalue weighted by atomic mass is 16.5. The first-order valence-corrected chi connectivity index (χ1v) is 10.8. The number of nitrogens with zero attached hydrogens (tertiary/aromatic N) is 1. The molecule has 3 aliphatic rings. The van der Waals surface area contributed by atoms with E-state index in [-0.39, 0.29) is 23.5 Å². The van der Waals surface area contributed by atoms with Crippen molar-refractivity contribution >= 4 is 17.4 Å². The average molecular weight is 419 g/mol. The summed E-state index contributed by atoms with van der Waals surface area (Å²) in [6, 6.07) is 14.1. The van der Waals surface area contributed by atoms with Gasteiger partial charge in [0.05, 0.1) is 17.7 Å². The van der Waals surface area contributed by atoms with E-state index in [0.717, 1.165) is 36.1 Å². The van der Waals surface area contributed by atoms with Crippen LogP contribution in [0, 0.1) is 0 Å². The highest BCUT2D eigenvalue weighted by Crippen LogP contribution is 2.41. The molecule has 31 heavy (non-hydrogen) atoms. The first-order valence-electron chi connectivity index (χ1n) is 10.8. The Hall–Kier alpha value is -3.12. The second kappa shape index (κ2) is 7.85. The molecule has 3 heterocycles. The van der Waals surface area contributed by atoms with Crippen LogP contribution in [0.25, 0.3) is 5.76 Å². The molecule has 0 bridgehead atoms. The van der Waals surface area contributed by atoms with Crippen LogP contribution in [0.3, 0.4) is 0 Å². The van der Waals surface area contributed by atoms with E-state index in [2.05, 4.69) is 0 Å². The van der Waals surface area contributed by atoms with Gasteiger partial charge in [-0.2, -0.15) is 0 Å². The highest BCUT2D eigenvalue weighted by Gasteiger charge is 2.47. The van der Waals surface area contributed by atoms with E-state index in [1.165, 1.54) is 0 Å². The van der Waals surface area contributed by atoms with Crippen LogP contribution in [0.5, 0.6) is 5.75 Å². The van der Waals surface area contributed by atoms with Crippen LogP contribution in [-0.4, -0.2) is 47.1 Å². The van der Waals surface area contributed by atoms with Crippen molar-refractivity contribution in [3.8, 4) is 5.75 Å². The van der Waals surface area contributed by atoms with Crippen LogP contribution in [0.4, 0.5) is 0 Å². The number of amides is 1. The Bertz CT molecular complexity index is 1050. The predicted molar refractivity (Wildman–Crippen MR) is 115 cm³/mol. The zero-order chi connectivity index (χ0) is 21.5. The summed E-state index contributed by atoms with van der Waals surface area (Å²) >= 11 is 0. The maximum Gasteiger partial charge on any atom is 0.295 e. The van der Waals surface area contributed by atoms with E-state index >= 15 is 0 Å². The molecule has 2 saturated heterocycles. The fraction of sp³-hybridized carbons (Fsp3) is 0.360. The molecule has 0 saturated carbocycles. The Morgan fingerprint density at radius 3 is 2.71 bits per heavy atom. The summed E-state index contributed by atoms with van der Waals surface area (Å²) in [4.78, 5) is 27.7. The molecule has 0 aromatic heterocycles. The van der Waals surface area contributed by atoms with Crippen molar-refractivity contribution in [3.63, 3.8) is 0 Å².